The fraction of sp³-hybridized carbons (Fsp3) is 0.130. The third-order valence-corrected chi connectivity index (χ3v) is 5.55. The summed E-state index contributed by atoms with van der Waals surface area (Å²) in [5.41, 5.74) is 2.73. The zero-order valence-corrected chi connectivity index (χ0v) is 20.5. The molecule has 0 heterocycles. The van der Waals surface area contributed by atoms with Gasteiger partial charge in [0.1, 0.15) is 0 Å². The number of urea groups is 2. The minimum absolute atomic E-state index is 0.178. The molecule has 0 unspecified atom stereocenters. The molecule has 0 aliphatic rings. The lowest BCUT2D eigenvalue weighted by Gasteiger charge is -2.11. The molecule has 0 aliphatic carbocycles. The molecule has 2 rings (SSSR count). The smallest absolute Gasteiger partial charge is 0.319 e. The van der Waals surface area contributed by atoms with E-state index in [1.54, 1.807) is 30.4 Å². The van der Waals surface area contributed by atoms with Crippen molar-refractivity contribution in [2.75, 3.05) is 11.2 Å². The first-order valence-electron chi connectivity index (χ1n) is 9.68. The standard InChI is InChI=1S/C23H22Cl4N4O2/c1-2-18(7-6-17(25)12-24)30-22(32)28-13-15-4-3-5-16(10-15)14-29-23(33)31-19-8-9-20(26)21(27)11-19/h2-11H,1,12-14H2,(H2,28,30,32)(H2,29,31,33). The van der Waals surface area contributed by atoms with Crippen LogP contribution in [0.5, 0.6) is 0 Å². The van der Waals surface area contributed by atoms with E-state index in [9.17, 15) is 9.59 Å². The maximum absolute atomic E-state index is 12.1. The van der Waals surface area contributed by atoms with Crippen LogP contribution in [0.3, 0.4) is 0 Å². The van der Waals surface area contributed by atoms with Crippen molar-refractivity contribution in [2.45, 2.75) is 13.1 Å². The Morgan fingerprint density at radius 3 is 2.18 bits per heavy atom. The van der Waals surface area contributed by atoms with Crippen LogP contribution in [-0.2, 0) is 13.1 Å². The lowest BCUT2D eigenvalue weighted by atomic mass is 10.1. The number of benzene rings is 2. The van der Waals surface area contributed by atoms with Crippen molar-refractivity contribution in [3.8, 4) is 0 Å². The third kappa shape index (κ3) is 9.80. The van der Waals surface area contributed by atoms with E-state index in [0.29, 0.717) is 33.0 Å². The Morgan fingerprint density at radius 2 is 1.58 bits per heavy atom. The normalized spacial score (nSPS) is 11.5. The number of alkyl halides is 1. The molecule has 174 valence electrons. The lowest BCUT2D eigenvalue weighted by molar-refractivity contribution is 0.243. The number of carbonyl (C=O) groups is 2. The minimum Gasteiger partial charge on any atom is -0.334 e. The van der Waals surface area contributed by atoms with Gasteiger partial charge in [0.25, 0.3) is 0 Å². The lowest BCUT2D eigenvalue weighted by Crippen LogP contribution is -2.34. The number of anilines is 1. The number of halogens is 4. The highest BCUT2D eigenvalue weighted by atomic mass is 35.5. The van der Waals surface area contributed by atoms with Gasteiger partial charge in [0.15, 0.2) is 0 Å². The monoisotopic (exact) mass is 526 g/mol. The van der Waals surface area contributed by atoms with E-state index in [4.69, 9.17) is 46.4 Å². The van der Waals surface area contributed by atoms with Crippen molar-refractivity contribution in [2.24, 2.45) is 0 Å². The van der Waals surface area contributed by atoms with Crippen LogP contribution in [0.4, 0.5) is 15.3 Å². The second-order valence-electron chi connectivity index (χ2n) is 6.64. The number of rotatable bonds is 9. The summed E-state index contributed by atoms with van der Waals surface area (Å²) in [6, 6.07) is 11.5. The van der Waals surface area contributed by atoms with Crippen molar-refractivity contribution in [3.05, 3.63) is 99.2 Å². The van der Waals surface area contributed by atoms with Gasteiger partial charge in [-0.2, -0.15) is 0 Å². The van der Waals surface area contributed by atoms with E-state index in [2.05, 4.69) is 27.8 Å². The molecule has 2 aromatic carbocycles. The van der Waals surface area contributed by atoms with Crippen LogP contribution in [0.25, 0.3) is 0 Å². The maximum atomic E-state index is 12.1. The van der Waals surface area contributed by atoms with E-state index in [-0.39, 0.29) is 18.5 Å². The van der Waals surface area contributed by atoms with E-state index in [1.807, 2.05) is 24.3 Å². The number of hydrogen-bond acceptors (Lipinski definition) is 2. The fourth-order valence-corrected chi connectivity index (χ4v) is 2.97. The Balaban J connectivity index is 1.84. The maximum Gasteiger partial charge on any atom is 0.319 e. The van der Waals surface area contributed by atoms with Gasteiger partial charge in [-0.1, -0.05) is 65.6 Å². The summed E-state index contributed by atoms with van der Waals surface area (Å²) in [7, 11) is 0. The highest BCUT2D eigenvalue weighted by molar-refractivity contribution is 6.42. The van der Waals surface area contributed by atoms with Crippen molar-refractivity contribution >= 4 is 64.2 Å². The second-order valence-corrected chi connectivity index (χ2v) is 8.20. The Bertz CT molecular complexity index is 1070. The summed E-state index contributed by atoms with van der Waals surface area (Å²) in [5, 5.41) is 12.1. The van der Waals surface area contributed by atoms with Gasteiger partial charge in [-0.3, -0.25) is 0 Å². The van der Waals surface area contributed by atoms with E-state index < -0.39 is 6.03 Å². The number of nitrogens with one attached hydrogen (secondary N) is 4. The molecule has 33 heavy (non-hydrogen) atoms. The Morgan fingerprint density at radius 1 is 0.909 bits per heavy atom. The Labute approximate surface area is 212 Å². The number of hydrogen-bond donors (Lipinski definition) is 4. The van der Waals surface area contributed by atoms with Crippen molar-refractivity contribution < 1.29 is 9.59 Å². The Kier molecular flexibility index (Phi) is 11.1. The average molecular weight is 528 g/mol. The number of carbonyl (C=O) groups excluding carboxylic acids is 2. The minimum atomic E-state index is -0.402. The van der Waals surface area contributed by atoms with Gasteiger partial charge in [-0.05, 0) is 47.6 Å². The largest absolute Gasteiger partial charge is 0.334 e. The van der Waals surface area contributed by atoms with Gasteiger partial charge < -0.3 is 21.3 Å². The molecule has 0 spiro atoms. The summed E-state index contributed by atoms with van der Waals surface area (Å²) >= 11 is 23.3. The molecule has 0 atom stereocenters. The van der Waals surface area contributed by atoms with Gasteiger partial charge in [-0.15, -0.1) is 11.6 Å². The first-order chi connectivity index (χ1) is 15.8. The summed E-state index contributed by atoms with van der Waals surface area (Å²) in [6.45, 7) is 4.23. The van der Waals surface area contributed by atoms with Crippen LogP contribution in [-0.4, -0.2) is 17.9 Å². The molecule has 2 aromatic rings. The van der Waals surface area contributed by atoms with Crippen LogP contribution in [0.15, 0.2) is 78.0 Å². The van der Waals surface area contributed by atoms with Crippen molar-refractivity contribution in [3.63, 3.8) is 0 Å². The second kappa shape index (κ2) is 13.8. The molecule has 6 nitrogen and oxygen atoms in total. The van der Waals surface area contributed by atoms with Gasteiger partial charge in [0.2, 0.25) is 0 Å². The molecular weight excluding hydrogens is 506 g/mol. The van der Waals surface area contributed by atoms with Crippen LogP contribution in [0.1, 0.15) is 11.1 Å². The zero-order valence-electron chi connectivity index (χ0n) is 17.4. The van der Waals surface area contributed by atoms with Crippen molar-refractivity contribution in [1.82, 2.24) is 16.0 Å². The molecule has 0 saturated heterocycles. The molecule has 0 saturated carbocycles. The molecular formula is C23H22Cl4N4O2. The van der Waals surface area contributed by atoms with Crippen LogP contribution in [0, 0.1) is 0 Å². The van der Waals surface area contributed by atoms with E-state index in [1.165, 1.54) is 6.08 Å². The fourth-order valence-electron chi connectivity index (χ4n) is 2.52. The zero-order chi connectivity index (χ0) is 24.2. The first-order valence-corrected chi connectivity index (χ1v) is 11.3. The van der Waals surface area contributed by atoms with E-state index >= 15 is 0 Å². The number of allylic oxidation sites excluding steroid dienone is 4. The molecule has 10 heteroatoms. The summed E-state index contributed by atoms with van der Waals surface area (Å²) in [6.07, 6.45) is 4.68. The predicted octanol–water partition coefficient (Wildman–Crippen LogP) is 6.55. The van der Waals surface area contributed by atoms with Crippen LogP contribution >= 0.6 is 46.4 Å². The van der Waals surface area contributed by atoms with Crippen LogP contribution < -0.4 is 21.3 Å². The topological polar surface area (TPSA) is 82.3 Å². The summed E-state index contributed by atoms with van der Waals surface area (Å²) in [5.74, 6) is 0.178. The molecule has 0 aliphatic heterocycles. The summed E-state index contributed by atoms with van der Waals surface area (Å²) < 4.78 is 0. The predicted molar refractivity (Wildman–Crippen MR) is 137 cm³/mol. The molecule has 4 N–H and O–H groups in total. The molecule has 0 aromatic heterocycles. The highest BCUT2D eigenvalue weighted by Crippen LogP contribution is 2.24. The van der Waals surface area contributed by atoms with Gasteiger partial charge in [0, 0.05) is 29.5 Å². The van der Waals surface area contributed by atoms with Crippen molar-refractivity contribution in [1.29, 1.82) is 0 Å². The highest BCUT2D eigenvalue weighted by Gasteiger charge is 2.06. The molecule has 0 bridgehead atoms. The average Bonchev–Trinajstić information content (AvgIpc) is 2.81. The number of amides is 4. The molecule has 4 amide bonds. The first kappa shape index (κ1) is 26.6. The van der Waals surface area contributed by atoms with Gasteiger partial charge in [-0.25, -0.2) is 9.59 Å². The molecule has 0 radical (unpaired) electrons. The van der Waals surface area contributed by atoms with Gasteiger partial charge >= 0.3 is 12.1 Å². The molecule has 0 fully saturated rings. The van der Waals surface area contributed by atoms with Gasteiger partial charge in [0.05, 0.1) is 15.9 Å². The van der Waals surface area contributed by atoms with Crippen LogP contribution in [0.2, 0.25) is 10.0 Å². The third-order valence-electron chi connectivity index (χ3n) is 4.12. The SMILES string of the molecule is C=CC(=CC=C(Cl)CCl)NC(=O)NCc1cccc(CNC(=O)Nc2ccc(Cl)c(Cl)c2)c1. The van der Waals surface area contributed by atoms with E-state index in [0.717, 1.165) is 11.1 Å². The summed E-state index contributed by atoms with van der Waals surface area (Å²) in [4.78, 5) is 24.3. The Hall–Kier alpha value is -2.64. The quantitative estimate of drug-likeness (QED) is 0.220.